The Balaban J connectivity index is 1.36. The SMILES string of the molecule is O=C(c1ccc2c(c1)OCO2)N1CCCN(C[C@@H]2CCCO2)CC1. The lowest BCUT2D eigenvalue weighted by Crippen LogP contribution is -2.37. The van der Waals surface area contributed by atoms with Crippen molar-refractivity contribution in [3.8, 4) is 11.5 Å². The van der Waals surface area contributed by atoms with Crippen LogP contribution in [0.2, 0.25) is 0 Å². The van der Waals surface area contributed by atoms with Gasteiger partial charge >= 0.3 is 0 Å². The van der Waals surface area contributed by atoms with Crippen LogP contribution in [0.5, 0.6) is 11.5 Å². The standard InChI is InChI=1S/C18H24N2O4/c21-18(14-4-5-16-17(11-14)24-13-23-16)20-7-2-6-19(8-9-20)12-15-3-1-10-22-15/h4-5,11,15H,1-3,6-10,12-13H2/t15-/m0/s1. The van der Waals surface area contributed by atoms with Gasteiger partial charge in [-0.15, -0.1) is 0 Å². The van der Waals surface area contributed by atoms with Crippen molar-refractivity contribution in [2.75, 3.05) is 46.1 Å². The molecule has 1 aromatic carbocycles. The van der Waals surface area contributed by atoms with Gasteiger partial charge in [0.2, 0.25) is 6.79 Å². The van der Waals surface area contributed by atoms with Crippen LogP contribution in [-0.4, -0.2) is 67.9 Å². The van der Waals surface area contributed by atoms with Crippen molar-refractivity contribution in [1.82, 2.24) is 9.80 Å². The number of rotatable bonds is 3. The topological polar surface area (TPSA) is 51.2 Å². The molecule has 130 valence electrons. The van der Waals surface area contributed by atoms with Gasteiger partial charge in [-0.2, -0.15) is 0 Å². The first-order chi connectivity index (χ1) is 11.8. The van der Waals surface area contributed by atoms with Crippen LogP contribution >= 0.6 is 0 Å². The minimum atomic E-state index is 0.0762. The lowest BCUT2D eigenvalue weighted by molar-refractivity contribution is 0.0704. The molecule has 0 aromatic heterocycles. The van der Waals surface area contributed by atoms with Gasteiger partial charge < -0.3 is 19.1 Å². The van der Waals surface area contributed by atoms with Gasteiger partial charge in [-0.1, -0.05) is 0 Å². The number of nitrogens with zero attached hydrogens (tertiary/aromatic N) is 2. The summed E-state index contributed by atoms with van der Waals surface area (Å²) in [4.78, 5) is 17.2. The number of ether oxygens (including phenoxy) is 3. The van der Waals surface area contributed by atoms with Crippen LogP contribution in [0.3, 0.4) is 0 Å². The number of carbonyl (C=O) groups is 1. The summed E-state index contributed by atoms with van der Waals surface area (Å²) in [7, 11) is 0. The number of hydrogen-bond acceptors (Lipinski definition) is 5. The van der Waals surface area contributed by atoms with Crippen LogP contribution in [0.15, 0.2) is 18.2 Å². The van der Waals surface area contributed by atoms with Crippen LogP contribution < -0.4 is 9.47 Å². The molecule has 6 heteroatoms. The van der Waals surface area contributed by atoms with Crippen molar-refractivity contribution in [3.63, 3.8) is 0 Å². The van der Waals surface area contributed by atoms with E-state index in [4.69, 9.17) is 14.2 Å². The minimum absolute atomic E-state index is 0.0762. The van der Waals surface area contributed by atoms with Crippen molar-refractivity contribution in [2.45, 2.75) is 25.4 Å². The lowest BCUT2D eigenvalue weighted by Gasteiger charge is -2.24. The molecule has 1 aromatic rings. The molecule has 24 heavy (non-hydrogen) atoms. The number of carbonyl (C=O) groups excluding carboxylic acids is 1. The van der Waals surface area contributed by atoms with E-state index in [1.165, 1.54) is 6.42 Å². The molecule has 6 nitrogen and oxygen atoms in total. The van der Waals surface area contributed by atoms with Gasteiger partial charge in [-0.25, -0.2) is 0 Å². The fraction of sp³-hybridized carbons (Fsp3) is 0.611. The zero-order valence-electron chi connectivity index (χ0n) is 13.9. The Morgan fingerprint density at radius 1 is 1.08 bits per heavy atom. The van der Waals surface area contributed by atoms with Gasteiger partial charge in [0.25, 0.3) is 5.91 Å². The molecule has 0 N–H and O–H groups in total. The summed E-state index contributed by atoms with van der Waals surface area (Å²) in [6.07, 6.45) is 3.72. The van der Waals surface area contributed by atoms with Crippen molar-refractivity contribution in [1.29, 1.82) is 0 Å². The van der Waals surface area contributed by atoms with Crippen molar-refractivity contribution >= 4 is 5.91 Å². The maximum Gasteiger partial charge on any atom is 0.254 e. The Kier molecular flexibility index (Phi) is 4.58. The highest BCUT2D eigenvalue weighted by Crippen LogP contribution is 2.32. The average molecular weight is 332 g/mol. The van der Waals surface area contributed by atoms with Crippen LogP contribution in [0.25, 0.3) is 0 Å². The summed E-state index contributed by atoms with van der Waals surface area (Å²) in [5.74, 6) is 1.45. The van der Waals surface area contributed by atoms with E-state index in [9.17, 15) is 4.79 Å². The second-order valence-electron chi connectivity index (χ2n) is 6.65. The molecule has 1 amide bonds. The number of amides is 1. The Hall–Kier alpha value is -1.79. The zero-order chi connectivity index (χ0) is 16.4. The second kappa shape index (κ2) is 6.99. The molecule has 3 aliphatic heterocycles. The summed E-state index contributed by atoms with van der Waals surface area (Å²) >= 11 is 0. The van der Waals surface area contributed by atoms with E-state index in [1.807, 2.05) is 17.0 Å². The van der Waals surface area contributed by atoms with E-state index in [0.717, 1.165) is 52.2 Å². The molecule has 2 saturated heterocycles. The summed E-state index contributed by atoms with van der Waals surface area (Å²) in [5.41, 5.74) is 0.673. The molecule has 1 atom stereocenters. The van der Waals surface area contributed by atoms with Crippen molar-refractivity contribution in [2.24, 2.45) is 0 Å². The third-order valence-corrected chi connectivity index (χ3v) is 4.98. The van der Waals surface area contributed by atoms with Crippen LogP contribution in [0.1, 0.15) is 29.6 Å². The maximum absolute atomic E-state index is 12.8. The normalized spacial score (nSPS) is 24.2. The Morgan fingerprint density at radius 3 is 2.88 bits per heavy atom. The fourth-order valence-corrected chi connectivity index (χ4v) is 3.65. The van der Waals surface area contributed by atoms with E-state index in [-0.39, 0.29) is 12.7 Å². The molecular formula is C18H24N2O4. The molecule has 0 unspecified atom stereocenters. The molecular weight excluding hydrogens is 308 g/mol. The third-order valence-electron chi connectivity index (χ3n) is 4.98. The first-order valence-electron chi connectivity index (χ1n) is 8.82. The Labute approximate surface area is 142 Å². The molecule has 3 heterocycles. The summed E-state index contributed by atoms with van der Waals surface area (Å²) in [5, 5.41) is 0. The minimum Gasteiger partial charge on any atom is -0.454 e. The number of fused-ring (bicyclic) bond motifs is 1. The van der Waals surface area contributed by atoms with Gasteiger partial charge in [0, 0.05) is 38.3 Å². The second-order valence-corrected chi connectivity index (χ2v) is 6.65. The van der Waals surface area contributed by atoms with Crippen molar-refractivity contribution < 1.29 is 19.0 Å². The van der Waals surface area contributed by atoms with Crippen LogP contribution in [0.4, 0.5) is 0 Å². The highest BCUT2D eigenvalue weighted by atomic mass is 16.7. The predicted molar refractivity (Wildman–Crippen MR) is 88.5 cm³/mol. The van der Waals surface area contributed by atoms with Gasteiger partial charge in [-0.3, -0.25) is 9.69 Å². The van der Waals surface area contributed by atoms with Gasteiger partial charge in [0.1, 0.15) is 0 Å². The van der Waals surface area contributed by atoms with Gasteiger partial charge in [0.15, 0.2) is 11.5 Å². The quantitative estimate of drug-likeness (QED) is 0.844. The fourth-order valence-electron chi connectivity index (χ4n) is 3.65. The van der Waals surface area contributed by atoms with Crippen molar-refractivity contribution in [3.05, 3.63) is 23.8 Å². The highest BCUT2D eigenvalue weighted by molar-refractivity contribution is 5.95. The predicted octanol–water partition coefficient (Wildman–Crippen LogP) is 1.74. The maximum atomic E-state index is 12.8. The molecule has 3 aliphatic rings. The van der Waals surface area contributed by atoms with E-state index in [2.05, 4.69) is 4.90 Å². The van der Waals surface area contributed by atoms with E-state index >= 15 is 0 Å². The van der Waals surface area contributed by atoms with Gasteiger partial charge in [-0.05, 0) is 44.0 Å². The van der Waals surface area contributed by atoms with E-state index in [0.29, 0.717) is 23.2 Å². The first-order valence-corrected chi connectivity index (χ1v) is 8.82. The van der Waals surface area contributed by atoms with Crippen LogP contribution in [0, 0.1) is 0 Å². The first kappa shape index (κ1) is 15.7. The largest absolute Gasteiger partial charge is 0.454 e. The summed E-state index contributed by atoms with van der Waals surface area (Å²) in [6, 6.07) is 5.43. The monoisotopic (exact) mass is 332 g/mol. The molecule has 4 rings (SSSR count). The summed E-state index contributed by atoms with van der Waals surface area (Å²) in [6.45, 7) is 5.63. The number of hydrogen-bond donors (Lipinski definition) is 0. The lowest BCUT2D eigenvalue weighted by atomic mass is 10.1. The average Bonchev–Trinajstić information content (AvgIpc) is 3.22. The molecule has 0 spiro atoms. The molecule has 0 aliphatic carbocycles. The number of benzene rings is 1. The smallest absolute Gasteiger partial charge is 0.254 e. The molecule has 0 bridgehead atoms. The van der Waals surface area contributed by atoms with Crippen LogP contribution in [-0.2, 0) is 4.74 Å². The van der Waals surface area contributed by atoms with E-state index in [1.54, 1.807) is 6.07 Å². The third kappa shape index (κ3) is 3.35. The Bertz CT molecular complexity index is 601. The zero-order valence-corrected chi connectivity index (χ0v) is 13.9. The van der Waals surface area contributed by atoms with E-state index < -0.39 is 0 Å². The molecule has 0 radical (unpaired) electrons. The molecule has 0 saturated carbocycles. The molecule has 2 fully saturated rings. The summed E-state index contributed by atoms with van der Waals surface area (Å²) < 4.78 is 16.4. The van der Waals surface area contributed by atoms with Gasteiger partial charge in [0.05, 0.1) is 6.10 Å². The highest BCUT2D eigenvalue weighted by Gasteiger charge is 2.25. The Morgan fingerprint density at radius 2 is 2.00 bits per heavy atom.